The number of aliphatic hydroxyl groups is 1. The molecule has 0 aromatic rings. The number of rotatable bonds is 11. The zero-order chi connectivity index (χ0) is 18.5. The Bertz CT molecular complexity index is 554. The highest BCUT2D eigenvalue weighted by Gasteiger charge is 2.35. The fraction of sp³-hybridized carbons (Fsp3) is 0.524. The summed E-state index contributed by atoms with van der Waals surface area (Å²) in [4.78, 5) is 23.0. The van der Waals surface area contributed by atoms with Gasteiger partial charge in [-0.05, 0) is 37.8 Å². The van der Waals surface area contributed by atoms with Gasteiger partial charge in [-0.1, -0.05) is 50.1 Å². The molecule has 1 rings (SSSR count). The van der Waals surface area contributed by atoms with E-state index in [1.807, 2.05) is 12.2 Å². The van der Waals surface area contributed by atoms with Crippen molar-refractivity contribution in [3.63, 3.8) is 0 Å². The van der Waals surface area contributed by atoms with E-state index in [1.54, 1.807) is 18.2 Å². The lowest BCUT2D eigenvalue weighted by atomic mass is 9.92. The Labute approximate surface area is 151 Å². The van der Waals surface area contributed by atoms with Crippen LogP contribution in [-0.4, -0.2) is 29.6 Å². The van der Waals surface area contributed by atoms with Crippen molar-refractivity contribution >= 4 is 11.8 Å². The normalized spacial score (nSPS) is 21.9. The molecule has 138 valence electrons. The van der Waals surface area contributed by atoms with E-state index < -0.39 is 5.60 Å². The number of esters is 1. The predicted octanol–water partition coefficient (Wildman–Crippen LogP) is 4.21. The van der Waals surface area contributed by atoms with Crippen LogP contribution in [0.1, 0.15) is 58.3 Å². The van der Waals surface area contributed by atoms with Gasteiger partial charge in [0.1, 0.15) is 5.60 Å². The van der Waals surface area contributed by atoms with Crippen LogP contribution in [0.25, 0.3) is 0 Å². The second-order valence-electron chi connectivity index (χ2n) is 6.27. The minimum Gasteiger partial charge on any atom is -0.469 e. The molecule has 0 fully saturated rings. The van der Waals surface area contributed by atoms with Crippen molar-refractivity contribution in [1.82, 2.24) is 0 Å². The van der Waals surface area contributed by atoms with Crippen molar-refractivity contribution in [2.45, 2.75) is 63.9 Å². The third-order valence-corrected chi connectivity index (χ3v) is 4.19. The number of hydrogen-bond acceptors (Lipinski definition) is 4. The highest BCUT2D eigenvalue weighted by molar-refractivity contribution is 6.09. The molecule has 1 N–H and O–H groups in total. The molecule has 0 aromatic carbocycles. The summed E-state index contributed by atoms with van der Waals surface area (Å²) in [7, 11) is 1.38. The van der Waals surface area contributed by atoms with Crippen LogP contribution in [0.5, 0.6) is 0 Å². The summed E-state index contributed by atoms with van der Waals surface area (Å²) < 4.78 is 4.58. The van der Waals surface area contributed by atoms with E-state index in [0.717, 1.165) is 19.3 Å². The number of hydrogen-bond donors (Lipinski definition) is 1. The fourth-order valence-corrected chi connectivity index (χ4v) is 2.63. The molecule has 1 atom stereocenters. The first kappa shape index (κ1) is 21.1. The van der Waals surface area contributed by atoms with Crippen LogP contribution in [0.3, 0.4) is 0 Å². The molecule has 0 spiro atoms. The SMILES string of the molecule is CCCCCC=CC[C@@]1(O)C=CC(=O)/C1=C\C=C/CCCC(=O)OC. The largest absolute Gasteiger partial charge is 0.469 e. The van der Waals surface area contributed by atoms with E-state index in [9.17, 15) is 14.7 Å². The second kappa shape index (κ2) is 11.6. The molecule has 0 aromatic heterocycles. The Morgan fingerprint density at radius 3 is 2.68 bits per heavy atom. The summed E-state index contributed by atoms with van der Waals surface area (Å²) in [5.41, 5.74) is -0.816. The van der Waals surface area contributed by atoms with E-state index >= 15 is 0 Å². The molecule has 0 saturated carbocycles. The summed E-state index contributed by atoms with van der Waals surface area (Å²) >= 11 is 0. The molecule has 1 aliphatic rings. The molecule has 4 nitrogen and oxygen atoms in total. The lowest BCUT2D eigenvalue weighted by Gasteiger charge is -2.20. The van der Waals surface area contributed by atoms with Crippen LogP contribution >= 0.6 is 0 Å². The van der Waals surface area contributed by atoms with Gasteiger partial charge in [-0.3, -0.25) is 9.59 Å². The van der Waals surface area contributed by atoms with Crippen molar-refractivity contribution < 1.29 is 19.4 Å². The minimum atomic E-state index is -1.21. The summed E-state index contributed by atoms with van der Waals surface area (Å²) in [6.45, 7) is 2.17. The summed E-state index contributed by atoms with van der Waals surface area (Å²) in [6.07, 6.45) is 19.1. The van der Waals surface area contributed by atoms with Crippen LogP contribution in [0.15, 0.2) is 48.1 Å². The summed E-state index contributed by atoms with van der Waals surface area (Å²) in [6, 6.07) is 0. The number of ketones is 1. The summed E-state index contributed by atoms with van der Waals surface area (Å²) in [5, 5.41) is 10.7. The highest BCUT2D eigenvalue weighted by Crippen LogP contribution is 2.30. The topological polar surface area (TPSA) is 63.6 Å². The van der Waals surface area contributed by atoms with Gasteiger partial charge in [-0.15, -0.1) is 0 Å². The molecule has 1 aliphatic carbocycles. The van der Waals surface area contributed by atoms with E-state index in [0.29, 0.717) is 24.8 Å². The highest BCUT2D eigenvalue weighted by atomic mass is 16.5. The van der Waals surface area contributed by atoms with Crippen molar-refractivity contribution in [3.05, 3.63) is 48.1 Å². The van der Waals surface area contributed by atoms with Gasteiger partial charge in [0.2, 0.25) is 0 Å². The zero-order valence-corrected chi connectivity index (χ0v) is 15.4. The quantitative estimate of drug-likeness (QED) is 0.263. The second-order valence-corrected chi connectivity index (χ2v) is 6.27. The lowest BCUT2D eigenvalue weighted by molar-refractivity contribution is -0.140. The first-order valence-electron chi connectivity index (χ1n) is 9.08. The number of methoxy groups -OCH3 is 1. The predicted molar refractivity (Wildman–Crippen MR) is 100 cm³/mol. The standard InChI is InChI=1S/C21H30O4/c1-3-4-5-6-9-12-16-21(24)17-15-19(22)18(21)13-10-7-8-11-14-20(23)25-2/h7,9-10,12-13,15,17,24H,3-6,8,11,14,16H2,1-2H3/b10-7-,12-9?,18-13+/t21-/m1/s1. The Kier molecular flexibility index (Phi) is 9.78. The molecule has 0 unspecified atom stereocenters. The number of unbranched alkanes of at least 4 members (excludes halogenated alkanes) is 4. The van der Waals surface area contributed by atoms with Gasteiger partial charge in [0.25, 0.3) is 0 Å². The molecular weight excluding hydrogens is 316 g/mol. The summed E-state index contributed by atoms with van der Waals surface area (Å²) in [5.74, 6) is -0.372. The average molecular weight is 346 g/mol. The minimum absolute atomic E-state index is 0.152. The third kappa shape index (κ3) is 7.65. The van der Waals surface area contributed by atoms with Crippen LogP contribution in [0, 0.1) is 0 Å². The molecule has 25 heavy (non-hydrogen) atoms. The molecule has 0 radical (unpaired) electrons. The Balaban J connectivity index is 2.51. The lowest BCUT2D eigenvalue weighted by Crippen LogP contribution is -2.27. The van der Waals surface area contributed by atoms with Crippen molar-refractivity contribution in [2.24, 2.45) is 0 Å². The van der Waals surface area contributed by atoms with Gasteiger partial charge in [0.05, 0.1) is 7.11 Å². The van der Waals surface area contributed by atoms with E-state index in [4.69, 9.17) is 0 Å². The fourth-order valence-electron chi connectivity index (χ4n) is 2.63. The zero-order valence-electron chi connectivity index (χ0n) is 15.4. The van der Waals surface area contributed by atoms with Gasteiger partial charge in [0, 0.05) is 18.4 Å². The molecule has 0 bridgehead atoms. The van der Waals surface area contributed by atoms with Gasteiger partial charge in [0.15, 0.2) is 5.78 Å². The number of carbonyl (C=O) groups is 2. The van der Waals surface area contributed by atoms with E-state index in [-0.39, 0.29) is 11.8 Å². The van der Waals surface area contributed by atoms with E-state index in [1.165, 1.54) is 26.0 Å². The number of ether oxygens (including phenoxy) is 1. The van der Waals surface area contributed by atoms with Crippen LogP contribution in [0.4, 0.5) is 0 Å². The average Bonchev–Trinajstić information content (AvgIpc) is 2.89. The molecule has 0 aliphatic heterocycles. The molecule has 0 heterocycles. The van der Waals surface area contributed by atoms with Gasteiger partial charge in [-0.25, -0.2) is 0 Å². The van der Waals surface area contributed by atoms with Gasteiger partial charge in [-0.2, -0.15) is 0 Å². The Morgan fingerprint density at radius 1 is 1.20 bits per heavy atom. The Hall–Kier alpha value is -1.94. The van der Waals surface area contributed by atoms with Gasteiger partial charge >= 0.3 is 5.97 Å². The monoisotopic (exact) mass is 346 g/mol. The maximum atomic E-state index is 12.0. The molecule has 4 heteroatoms. The van der Waals surface area contributed by atoms with Crippen LogP contribution < -0.4 is 0 Å². The van der Waals surface area contributed by atoms with Crippen molar-refractivity contribution in [2.75, 3.05) is 7.11 Å². The first-order valence-corrected chi connectivity index (χ1v) is 9.08. The maximum absolute atomic E-state index is 12.0. The van der Waals surface area contributed by atoms with Crippen molar-refractivity contribution in [3.8, 4) is 0 Å². The Morgan fingerprint density at radius 2 is 1.96 bits per heavy atom. The number of carbonyl (C=O) groups excluding carboxylic acids is 2. The van der Waals surface area contributed by atoms with Crippen molar-refractivity contribution in [1.29, 1.82) is 0 Å². The maximum Gasteiger partial charge on any atom is 0.305 e. The first-order chi connectivity index (χ1) is 12.0. The molecule has 0 amide bonds. The molecule has 0 saturated heterocycles. The third-order valence-electron chi connectivity index (χ3n) is 4.19. The van der Waals surface area contributed by atoms with Gasteiger partial charge < -0.3 is 9.84 Å². The van der Waals surface area contributed by atoms with Crippen LogP contribution in [-0.2, 0) is 14.3 Å². The molecular formula is C21H30O4. The van der Waals surface area contributed by atoms with E-state index in [2.05, 4.69) is 17.7 Å². The number of allylic oxidation sites excluding steroid dienone is 5. The smallest absolute Gasteiger partial charge is 0.305 e. The van der Waals surface area contributed by atoms with Crippen LogP contribution in [0.2, 0.25) is 0 Å².